The molecule has 0 aromatic heterocycles. The van der Waals surface area contributed by atoms with Gasteiger partial charge in [0.25, 0.3) is 0 Å². The Labute approximate surface area is 225 Å². The van der Waals surface area contributed by atoms with Gasteiger partial charge < -0.3 is 15.5 Å². The second-order valence-electron chi connectivity index (χ2n) is 9.83. The molecule has 6 heteroatoms. The Morgan fingerprint density at radius 3 is 2.24 bits per heavy atom. The third-order valence-corrected chi connectivity index (χ3v) is 5.92. The summed E-state index contributed by atoms with van der Waals surface area (Å²) >= 11 is 0. The number of hydrogen-bond acceptors (Lipinski definition) is 3. The maximum absolute atomic E-state index is 12.5. The lowest BCUT2D eigenvalue weighted by Crippen LogP contribution is -2.35. The van der Waals surface area contributed by atoms with Gasteiger partial charge in [0, 0.05) is 12.2 Å². The van der Waals surface area contributed by atoms with Gasteiger partial charge in [-0.05, 0) is 107 Å². The molecule has 0 aliphatic carbocycles. The summed E-state index contributed by atoms with van der Waals surface area (Å²) in [5.41, 5.74) is 4.68. The summed E-state index contributed by atoms with van der Waals surface area (Å²) in [5.74, 6) is 1.22. The third kappa shape index (κ3) is 16.6. The molecule has 1 aromatic rings. The average Bonchev–Trinajstić information content (AvgIpc) is 2.89. The zero-order valence-electron chi connectivity index (χ0n) is 24.1. The van der Waals surface area contributed by atoms with Gasteiger partial charge in [-0.1, -0.05) is 57.6 Å². The van der Waals surface area contributed by atoms with E-state index in [1.165, 1.54) is 23.3 Å². The molecule has 0 bridgehead atoms. The van der Waals surface area contributed by atoms with Crippen molar-refractivity contribution < 1.29 is 14.0 Å². The van der Waals surface area contributed by atoms with Crippen molar-refractivity contribution in [1.82, 2.24) is 10.2 Å². The SMILES string of the molecule is CC(C)C.C\C=C(/C=C\C(F)=C/C)CC.Cc1ccc(NC=O)cc1C1CCN(CCCNC=O)CC1. The van der Waals surface area contributed by atoms with Crippen molar-refractivity contribution in [1.29, 1.82) is 0 Å². The third-order valence-electron chi connectivity index (χ3n) is 5.92. The van der Waals surface area contributed by atoms with Crippen molar-refractivity contribution in [3.8, 4) is 0 Å². The molecule has 2 rings (SSSR count). The number of anilines is 1. The van der Waals surface area contributed by atoms with E-state index >= 15 is 0 Å². The fourth-order valence-electron chi connectivity index (χ4n) is 3.87. The molecule has 1 heterocycles. The summed E-state index contributed by atoms with van der Waals surface area (Å²) in [7, 11) is 0. The van der Waals surface area contributed by atoms with Crippen LogP contribution in [-0.2, 0) is 9.59 Å². The number of rotatable bonds is 11. The number of benzene rings is 1. The van der Waals surface area contributed by atoms with Crippen LogP contribution < -0.4 is 10.6 Å². The lowest BCUT2D eigenvalue weighted by atomic mass is 9.86. The molecule has 0 saturated carbocycles. The highest BCUT2D eigenvalue weighted by Crippen LogP contribution is 2.31. The van der Waals surface area contributed by atoms with Gasteiger partial charge in [0.2, 0.25) is 12.8 Å². The van der Waals surface area contributed by atoms with E-state index in [-0.39, 0.29) is 5.83 Å². The van der Waals surface area contributed by atoms with E-state index in [0.29, 0.717) is 5.92 Å². The highest BCUT2D eigenvalue weighted by Gasteiger charge is 2.21. The minimum absolute atomic E-state index is 0.183. The summed E-state index contributed by atoms with van der Waals surface area (Å²) in [6.07, 6.45) is 12.4. The smallest absolute Gasteiger partial charge is 0.211 e. The Kier molecular flexibility index (Phi) is 19.8. The number of aryl methyl sites for hydroxylation is 1. The zero-order chi connectivity index (χ0) is 28.1. The number of nitrogens with one attached hydrogen (secondary N) is 2. The van der Waals surface area contributed by atoms with E-state index in [1.54, 1.807) is 13.0 Å². The molecule has 208 valence electrons. The van der Waals surface area contributed by atoms with E-state index < -0.39 is 0 Å². The van der Waals surface area contributed by atoms with Gasteiger partial charge in [-0.2, -0.15) is 0 Å². The van der Waals surface area contributed by atoms with Crippen LogP contribution in [0.25, 0.3) is 0 Å². The fourth-order valence-corrected chi connectivity index (χ4v) is 3.87. The van der Waals surface area contributed by atoms with Crippen molar-refractivity contribution in [2.45, 2.75) is 80.1 Å². The molecule has 1 aliphatic heterocycles. The first-order chi connectivity index (χ1) is 17.7. The van der Waals surface area contributed by atoms with Crippen molar-refractivity contribution in [2.75, 3.05) is 31.5 Å². The average molecular weight is 516 g/mol. The van der Waals surface area contributed by atoms with Crippen LogP contribution in [0.15, 0.2) is 53.9 Å². The minimum atomic E-state index is -0.183. The molecule has 5 nitrogen and oxygen atoms in total. The molecule has 1 aliphatic rings. The number of halogens is 1. The molecule has 0 atom stereocenters. The van der Waals surface area contributed by atoms with E-state index in [1.807, 2.05) is 26.0 Å². The van der Waals surface area contributed by atoms with Gasteiger partial charge in [0.05, 0.1) is 0 Å². The van der Waals surface area contributed by atoms with Crippen LogP contribution in [0.4, 0.5) is 10.1 Å². The first-order valence-electron chi connectivity index (χ1n) is 13.6. The van der Waals surface area contributed by atoms with Gasteiger partial charge in [-0.25, -0.2) is 4.39 Å². The molecule has 2 amide bonds. The number of allylic oxidation sites excluding steroid dienone is 6. The maximum Gasteiger partial charge on any atom is 0.211 e. The number of hydrogen-bond donors (Lipinski definition) is 2. The number of nitrogens with zero attached hydrogens (tertiary/aromatic N) is 1. The van der Waals surface area contributed by atoms with E-state index in [0.717, 1.165) is 81.9 Å². The second kappa shape index (κ2) is 21.4. The molecule has 0 unspecified atom stereocenters. The van der Waals surface area contributed by atoms with Crippen LogP contribution in [0.5, 0.6) is 0 Å². The van der Waals surface area contributed by atoms with Gasteiger partial charge in [-0.15, -0.1) is 0 Å². The maximum atomic E-state index is 12.5. The summed E-state index contributed by atoms with van der Waals surface area (Å²) in [6.45, 7) is 18.3. The molecule has 1 saturated heterocycles. The number of carbonyl (C=O) groups is 2. The van der Waals surface area contributed by atoms with Gasteiger partial charge >= 0.3 is 0 Å². The summed E-state index contributed by atoms with van der Waals surface area (Å²) in [6, 6.07) is 6.14. The highest BCUT2D eigenvalue weighted by molar-refractivity contribution is 5.71. The largest absolute Gasteiger partial charge is 0.359 e. The van der Waals surface area contributed by atoms with Crippen molar-refractivity contribution in [2.24, 2.45) is 5.92 Å². The molecule has 1 aromatic carbocycles. The van der Waals surface area contributed by atoms with Gasteiger partial charge in [0.15, 0.2) is 0 Å². The Morgan fingerprint density at radius 2 is 1.73 bits per heavy atom. The van der Waals surface area contributed by atoms with Crippen LogP contribution in [0.1, 0.15) is 84.3 Å². The van der Waals surface area contributed by atoms with Crippen LogP contribution in [0, 0.1) is 12.8 Å². The summed E-state index contributed by atoms with van der Waals surface area (Å²) in [4.78, 5) is 23.3. The van der Waals surface area contributed by atoms with Crippen LogP contribution >= 0.6 is 0 Å². The zero-order valence-corrected chi connectivity index (χ0v) is 24.1. The van der Waals surface area contributed by atoms with Crippen LogP contribution in [-0.4, -0.2) is 43.9 Å². The molecule has 2 N–H and O–H groups in total. The number of likely N-dealkylation sites (tertiary alicyclic amines) is 1. The fraction of sp³-hybridized carbons (Fsp3) is 0.548. The Bertz CT molecular complexity index is 851. The quantitative estimate of drug-likeness (QED) is 0.184. The Balaban J connectivity index is 0.000000723. The second-order valence-corrected chi connectivity index (χ2v) is 9.83. The van der Waals surface area contributed by atoms with Crippen molar-refractivity contribution in [3.05, 3.63) is 65.0 Å². The minimum Gasteiger partial charge on any atom is -0.359 e. The molecule has 1 fully saturated rings. The van der Waals surface area contributed by atoms with E-state index in [9.17, 15) is 14.0 Å². The van der Waals surface area contributed by atoms with Crippen molar-refractivity contribution >= 4 is 18.5 Å². The topological polar surface area (TPSA) is 61.4 Å². The lowest BCUT2D eigenvalue weighted by molar-refractivity contribution is -0.109. The molecule has 37 heavy (non-hydrogen) atoms. The van der Waals surface area contributed by atoms with E-state index in [2.05, 4.69) is 55.4 Å². The summed E-state index contributed by atoms with van der Waals surface area (Å²) < 4.78 is 12.5. The Morgan fingerprint density at radius 1 is 1.08 bits per heavy atom. The highest BCUT2D eigenvalue weighted by atomic mass is 19.1. The number of carbonyl (C=O) groups excluding carboxylic acids is 2. The van der Waals surface area contributed by atoms with Crippen LogP contribution in [0.3, 0.4) is 0 Å². The first-order valence-corrected chi connectivity index (χ1v) is 13.6. The predicted molar refractivity (Wildman–Crippen MR) is 157 cm³/mol. The van der Waals surface area contributed by atoms with Gasteiger partial charge in [-0.3, -0.25) is 9.59 Å². The molecule has 0 spiro atoms. The van der Waals surface area contributed by atoms with E-state index in [4.69, 9.17) is 0 Å². The standard InChI is InChI=1S/C17H25N3O2.C10H15F.C4H10/c1-14-3-4-16(19-13-22)11-17(14)15-5-9-20(10-6-15)8-2-7-18-12-21;1-4-9(5-2)7-8-10(11)6-3;1-4(2)3/h3-4,11-13,15H,2,5-10H2,1H3,(H,18,21)(H,19,22);4,6-8H,5H2,1-3H3;4H,1-3H3/b;8-7-,9-4-,10-6+;. The predicted octanol–water partition coefficient (Wildman–Crippen LogP) is 7.31. The van der Waals surface area contributed by atoms with Gasteiger partial charge in [0.1, 0.15) is 5.83 Å². The monoisotopic (exact) mass is 515 g/mol. The molecular weight excluding hydrogens is 465 g/mol. The normalized spacial score (nSPS) is 14.9. The first kappa shape index (κ1) is 34.3. The van der Waals surface area contributed by atoms with Crippen molar-refractivity contribution in [3.63, 3.8) is 0 Å². The molecule has 0 radical (unpaired) electrons. The Hall–Kier alpha value is -2.73. The lowest BCUT2D eigenvalue weighted by Gasteiger charge is -2.33. The number of piperidine rings is 1. The molecular formula is C31H50FN3O2. The van der Waals surface area contributed by atoms with Crippen LogP contribution in [0.2, 0.25) is 0 Å². The number of amides is 2. The summed E-state index contributed by atoms with van der Waals surface area (Å²) in [5, 5.41) is 5.44.